The number of carbonyl (C=O) groups is 3. The molecule has 0 radical (unpaired) electrons. The highest BCUT2D eigenvalue weighted by atomic mass is 16.5. The third kappa shape index (κ3) is 6.85. The van der Waals surface area contributed by atoms with Crippen molar-refractivity contribution in [3.8, 4) is 0 Å². The molecule has 2 aliphatic rings. The molecular formula is C23H35N5O4. The van der Waals surface area contributed by atoms with Crippen LogP contribution in [0.1, 0.15) is 26.7 Å². The van der Waals surface area contributed by atoms with Gasteiger partial charge in [-0.05, 0) is 51.0 Å². The Morgan fingerprint density at radius 1 is 1.09 bits per heavy atom. The van der Waals surface area contributed by atoms with Crippen molar-refractivity contribution in [2.45, 2.75) is 32.7 Å². The maximum Gasteiger partial charge on any atom is 0.317 e. The number of amides is 4. The van der Waals surface area contributed by atoms with Crippen LogP contribution in [0.15, 0.2) is 24.3 Å². The first-order valence-corrected chi connectivity index (χ1v) is 11.4. The van der Waals surface area contributed by atoms with Crippen LogP contribution in [0.4, 0.5) is 16.2 Å². The van der Waals surface area contributed by atoms with E-state index in [-0.39, 0.29) is 36.3 Å². The van der Waals surface area contributed by atoms with E-state index >= 15 is 0 Å². The van der Waals surface area contributed by atoms with Crippen molar-refractivity contribution in [3.63, 3.8) is 0 Å². The van der Waals surface area contributed by atoms with Crippen LogP contribution in [-0.2, 0) is 14.3 Å². The third-order valence-electron chi connectivity index (χ3n) is 5.63. The number of anilines is 2. The Kier molecular flexibility index (Phi) is 8.33. The quantitative estimate of drug-likeness (QED) is 0.604. The molecule has 176 valence electrons. The van der Waals surface area contributed by atoms with Gasteiger partial charge in [0.15, 0.2) is 0 Å². The summed E-state index contributed by atoms with van der Waals surface area (Å²) in [6, 6.07) is 7.79. The van der Waals surface area contributed by atoms with Crippen LogP contribution in [0.2, 0.25) is 0 Å². The number of carbonyl (C=O) groups excluding carboxylic acids is 3. The first-order chi connectivity index (χ1) is 15.4. The predicted octanol–water partition coefficient (Wildman–Crippen LogP) is 1.75. The number of nitrogens with one attached hydrogen (secondary N) is 2. The van der Waals surface area contributed by atoms with E-state index in [1.54, 1.807) is 12.0 Å². The van der Waals surface area contributed by atoms with Crippen LogP contribution in [0, 0.1) is 5.92 Å². The van der Waals surface area contributed by atoms with Crippen LogP contribution in [0.5, 0.6) is 0 Å². The fourth-order valence-electron chi connectivity index (χ4n) is 3.69. The lowest BCUT2D eigenvalue weighted by Gasteiger charge is -2.36. The normalized spacial score (nSPS) is 16.1. The summed E-state index contributed by atoms with van der Waals surface area (Å²) in [5.74, 6) is -0.114. The summed E-state index contributed by atoms with van der Waals surface area (Å²) in [7, 11) is 1.59. The summed E-state index contributed by atoms with van der Waals surface area (Å²) in [6.07, 6.45) is 1.81. The van der Waals surface area contributed by atoms with E-state index in [9.17, 15) is 14.4 Å². The number of methoxy groups -OCH3 is 1. The molecule has 1 aromatic carbocycles. The van der Waals surface area contributed by atoms with Gasteiger partial charge in [0.1, 0.15) is 0 Å². The van der Waals surface area contributed by atoms with E-state index in [1.165, 1.54) is 0 Å². The van der Waals surface area contributed by atoms with Gasteiger partial charge in [0.25, 0.3) is 0 Å². The molecule has 0 bridgehead atoms. The van der Waals surface area contributed by atoms with Gasteiger partial charge in [0.2, 0.25) is 11.8 Å². The van der Waals surface area contributed by atoms with Gasteiger partial charge in [-0.3, -0.25) is 9.59 Å². The topological polar surface area (TPSA) is 94.2 Å². The average molecular weight is 446 g/mol. The Morgan fingerprint density at radius 2 is 1.75 bits per heavy atom. The van der Waals surface area contributed by atoms with Gasteiger partial charge in [-0.15, -0.1) is 0 Å². The molecule has 0 unspecified atom stereocenters. The molecule has 3 rings (SSSR count). The number of rotatable bonds is 9. The van der Waals surface area contributed by atoms with Crippen molar-refractivity contribution in [2.75, 3.05) is 63.2 Å². The maximum atomic E-state index is 12.5. The number of hydrogen-bond acceptors (Lipinski definition) is 5. The highest BCUT2D eigenvalue weighted by Crippen LogP contribution is 2.31. The largest absolute Gasteiger partial charge is 0.383 e. The second-order valence-corrected chi connectivity index (χ2v) is 8.70. The van der Waals surface area contributed by atoms with E-state index in [0.29, 0.717) is 31.9 Å². The van der Waals surface area contributed by atoms with E-state index in [0.717, 1.165) is 31.6 Å². The lowest BCUT2D eigenvalue weighted by Crippen LogP contribution is -2.52. The Labute approximate surface area is 190 Å². The van der Waals surface area contributed by atoms with E-state index in [1.807, 2.05) is 43.0 Å². The van der Waals surface area contributed by atoms with Crippen LogP contribution in [0.25, 0.3) is 0 Å². The van der Waals surface area contributed by atoms with Crippen molar-refractivity contribution in [1.82, 2.24) is 15.1 Å². The minimum absolute atomic E-state index is 0.0163. The number of ether oxygens (including phenoxy) is 1. The lowest BCUT2D eigenvalue weighted by molar-refractivity contribution is -0.136. The summed E-state index contributed by atoms with van der Waals surface area (Å²) in [4.78, 5) is 42.7. The molecular weight excluding hydrogens is 410 g/mol. The van der Waals surface area contributed by atoms with E-state index in [4.69, 9.17) is 4.74 Å². The number of benzene rings is 1. The molecule has 4 amide bonds. The minimum Gasteiger partial charge on any atom is -0.383 e. The molecule has 1 aromatic rings. The molecule has 1 saturated carbocycles. The Bertz CT molecular complexity index is 786. The van der Waals surface area contributed by atoms with Crippen molar-refractivity contribution >= 4 is 29.2 Å². The molecule has 9 nitrogen and oxygen atoms in total. The van der Waals surface area contributed by atoms with Crippen molar-refractivity contribution < 1.29 is 19.1 Å². The predicted molar refractivity (Wildman–Crippen MR) is 124 cm³/mol. The molecule has 0 spiro atoms. The first kappa shape index (κ1) is 23.8. The Balaban J connectivity index is 1.48. The molecule has 9 heteroatoms. The highest BCUT2D eigenvalue weighted by molar-refractivity contribution is 5.95. The number of hydrogen-bond donors (Lipinski definition) is 2. The monoisotopic (exact) mass is 445 g/mol. The fourth-order valence-corrected chi connectivity index (χ4v) is 3.69. The van der Waals surface area contributed by atoms with Gasteiger partial charge in [-0.25, -0.2) is 4.79 Å². The third-order valence-corrected chi connectivity index (χ3v) is 5.63. The van der Waals surface area contributed by atoms with Gasteiger partial charge >= 0.3 is 6.03 Å². The zero-order valence-corrected chi connectivity index (χ0v) is 19.3. The fraction of sp³-hybridized carbons (Fsp3) is 0.609. The molecule has 1 aliphatic heterocycles. The van der Waals surface area contributed by atoms with Crippen molar-refractivity contribution in [2.24, 2.45) is 5.92 Å². The second kappa shape index (κ2) is 11.2. The van der Waals surface area contributed by atoms with Crippen LogP contribution >= 0.6 is 0 Å². The number of urea groups is 1. The van der Waals surface area contributed by atoms with E-state index in [2.05, 4.69) is 15.5 Å². The number of nitrogens with zero attached hydrogens (tertiary/aromatic N) is 3. The first-order valence-electron chi connectivity index (χ1n) is 11.4. The molecule has 2 N–H and O–H groups in total. The van der Waals surface area contributed by atoms with Crippen LogP contribution in [0.3, 0.4) is 0 Å². The molecule has 1 saturated heterocycles. The van der Waals surface area contributed by atoms with Crippen molar-refractivity contribution in [3.05, 3.63) is 24.3 Å². The molecule has 32 heavy (non-hydrogen) atoms. The number of piperazine rings is 1. The van der Waals surface area contributed by atoms with Gasteiger partial charge in [-0.2, -0.15) is 0 Å². The smallest absolute Gasteiger partial charge is 0.317 e. The van der Waals surface area contributed by atoms with Crippen LogP contribution in [-0.4, -0.2) is 86.7 Å². The summed E-state index contributed by atoms with van der Waals surface area (Å²) in [5.41, 5.74) is 1.75. The van der Waals surface area contributed by atoms with Crippen molar-refractivity contribution in [1.29, 1.82) is 0 Å². The second-order valence-electron chi connectivity index (χ2n) is 8.70. The standard InChI is InChI=1S/C23H35N5O4/c1-17(2)24-23(31)27-12-10-26(11-13-27)20-8-6-19(7-9-20)25-21(29)16-28(14-15-32-3)22(30)18-4-5-18/h6-9,17-18H,4-5,10-16H2,1-3H3,(H,24,31)(H,25,29). The van der Waals surface area contributed by atoms with Gasteiger partial charge in [0.05, 0.1) is 13.2 Å². The minimum atomic E-state index is -0.215. The molecule has 1 aliphatic carbocycles. The summed E-state index contributed by atoms with van der Waals surface area (Å²) >= 11 is 0. The van der Waals surface area contributed by atoms with Crippen LogP contribution < -0.4 is 15.5 Å². The molecule has 0 aromatic heterocycles. The summed E-state index contributed by atoms with van der Waals surface area (Å²) < 4.78 is 5.07. The molecule has 0 atom stereocenters. The zero-order chi connectivity index (χ0) is 23.1. The highest BCUT2D eigenvalue weighted by Gasteiger charge is 2.34. The SMILES string of the molecule is COCCN(CC(=O)Nc1ccc(N2CCN(C(=O)NC(C)C)CC2)cc1)C(=O)C1CC1. The Hall–Kier alpha value is -2.81. The van der Waals surface area contributed by atoms with E-state index < -0.39 is 0 Å². The lowest BCUT2D eigenvalue weighted by atomic mass is 10.2. The van der Waals surface area contributed by atoms with Gasteiger partial charge in [-0.1, -0.05) is 0 Å². The molecule has 1 heterocycles. The van der Waals surface area contributed by atoms with Gasteiger partial charge < -0.3 is 30.1 Å². The Morgan fingerprint density at radius 3 is 2.31 bits per heavy atom. The molecule has 2 fully saturated rings. The summed E-state index contributed by atoms with van der Waals surface area (Å²) in [6.45, 7) is 7.62. The summed E-state index contributed by atoms with van der Waals surface area (Å²) in [5, 5.41) is 5.81. The maximum absolute atomic E-state index is 12.5. The average Bonchev–Trinajstić information content (AvgIpc) is 3.62. The zero-order valence-electron chi connectivity index (χ0n) is 19.3. The van der Waals surface area contributed by atoms with Gasteiger partial charge in [0, 0.05) is 63.2 Å².